The zero-order valence-corrected chi connectivity index (χ0v) is 12.4. The van der Waals surface area contributed by atoms with E-state index in [1.54, 1.807) is 13.0 Å². The lowest BCUT2D eigenvalue weighted by Crippen LogP contribution is -2.33. The highest BCUT2D eigenvalue weighted by atomic mass is 16.5. The fourth-order valence-electron chi connectivity index (χ4n) is 2.04. The third-order valence-electron chi connectivity index (χ3n) is 3.04. The molecule has 2 rings (SSSR count). The Morgan fingerprint density at radius 1 is 1.30 bits per heavy atom. The van der Waals surface area contributed by atoms with Gasteiger partial charge < -0.3 is 4.74 Å². The number of carbonyl (C=O) groups excluding carboxylic acids is 1. The van der Waals surface area contributed by atoms with Gasteiger partial charge in [-0.2, -0.15) is 0 Å². The van der Waals surface area contributed by atoms with Crippen LogP contribution in [0, 0.1) is 6.92 Å². The second-order valence-corrected chi connectivity index (χ2v) is 4.58. The summed E-state index contributed by atoms with van der Waals surface area (Å²) in [5, 5.41) is 0. The molecule has 0 atom stereocenters. The van der Waals surface area contributed by atoms with E-state index in [0.717, 1.165) is 16.9 Å². The van der Waals surface area contributed by atoms with Crippen LogP contribution < -0.4 is 16.9 Å². The van der Waals surface area contributed by atoms with Crippen LogP contribution in [-0.4, -0.2) is 55.6 Å². The molecule has 2 heterocycles. The number of rotatable bonds is 3. The fraction of sp³-hybridized carbons (Fsp3) is 0.273. The SMILES string of the molecule is Bc1nc(B)n(-c2nc(C)cc(C(=O)OCC)n2)c1B. The zero-order chi connectivity index (χ0) is 14.9. The Balaban J connectivity index is 2.55. The van der Waals surface area contributed by atoms with Gasteiger partial charge in [-0.3, -0.25) is 9.55 Å². The lowest BCUT2D eigenvalue weighted by Gasteiger charge is -2.09. The number of ether oxygens (including phenoxy) is 1. The van der Waals surface area contributed by atoms with Crippen molar-refractivity contribution in [3.05, 3.63) is 17.5 Å². The molecule has 0 aliphatic heterocycles. The normalized spacial score (nSPS) is 10.5. The smallest absolute Gasteiger partial charge is 0.357 e. The molecule has 2 aromatic rings. The topological polar surface area (TPSA) is 69.9 Å². The molecular weight excluding hydrogens is 253 g/mol. The molecule has 9 heteroatoms. The minimum absolute atomic E-state index is 0.263. The molecule has 0 saturated carbocycles. The average molecular weight is 268 g/mol. The van der Waals surface area contributed by atoms with Crippen LogP contribution in [0.1, 0.15) is 23.1 Å². The van der Waals surface area contributed by atoms with Crippen molar-refractivity contribution in [3.63, 3.8) is 0 Å². The first-order valence-electron chi connectivity index (χ1n) is 6.49. The molecule has 0 radical (unpaired) electrons. The first-order valence-corrected chi connectivity index (χ1v) is 6.49. The highest BCUT2D eigenvalue weighted by molar-refractivity contribution is 6.48. The zero-order valence-electron chi connectivity index (χ0n) is 12.4. The van der Waals surface area contributed by atoms with E-state index in [1.165, 1.54) is 0 Å². The molecule has 0 N–H and O–H groups in total. The van der Waals surface area contributed by atoms with Crippen molar-refractivity contribution in [3.8, 4) is 5.95 Å². The molecule has 0 aliphatic carbocycles. The van der Waals surface area contributed by atoms with E-state index in [4.69, 9.17) is 4.74 Å². The van der Waals surface area contributed by atoms with Gasteiger partial charge >= 0.3 is 5.97 Å². The van der Waals surface area contributed by atoms with Crippen LogP contribution in [0.2, 0.25) is 0 Å². The van der Waals surface area contributed by atoms with Crippen LogP contribution in [0.3, 0.4) is 0 Å². The number of imidazole rings is 1. The molecule has 0 spiro atoms. The summed E-state index contributed by atoms with van der Waals surface area (Å²) in [6.07, 6.45) is 0. The molecule has 0 aromatic carbocycles. The predicted octanol–water partition coefficient (Wildman–Crippen LogP) is -4.08. The molecule has 6 nitrogen and oxygen atoms in total. The number of hydrogen-bond donors (Lipinski definition) is 0. The van der Waals surface area contributed by atoms with Gasteiger partial charge in [0.1, 0.15) is 0 Å². The molecule has 0 amide bonds. The van der Waals surface area contributed by atoms with Crippen LogP contribution in [0.15, 0.2) is 6.07 Å². The fourth-order valence-corrected chi connectivity index (χ4v) is 2.04. The third-order valence-corrected chi connectivity index (χ3v) is 3.04. The van der Waals surface area contributed by atoms with Crippen molar-refractivity contribution in [2.24, 2.45) is 0 Å². The minimum atomic E-state index is -0.439. The quantitative estimate of drug-likeness (QED) is 0.418. The standard InChI is InChI=1S/C11H15B3N4O2/c1-3-20-9(19)6-4-5(2)15-11(16-6)18-8(13)7(12)17-10(18)14/h4H,3,12-14H2,1-2H3. The van der Waals surface area contributed by atoms with Crippen molar-refractivity contribution < 1.29 is 9.53 Å². The summed E-state index contributed by atoms with van der Waals surface area (Å²) in [6, 6.07) is 1.62. The Hall–Kier alpha value is -2.05. The summed E-state index contributed by atoms with van der Waals surface area (Å²) in [5.41, 5.74) is 3.65. The van der Waals surface area contributed by atoms with Crippen LogP contribution in [0.4, 0.5) is 0 Å². The van der Waals surface area contributed by atoms with Gasteiger partial charge in [-0.15, -0.1) is 0 Å². The molecule has 0 bridgehead atoms. The van der Waals surface area contributed by atoms with Gasteiger partial charge in [-0.05, 0) is 25.5 Å². The summed E-state index contributed by atoms with van der Waals surface area (Å²) >= 11 is 0. The lowest BCUT2D eigenvalue weighted by molar-refractivity contribution is 0.0519. The van der Waals surface area contributed by atoms with Gasteiger partial charge in [0.05, 0.1) is 12.3 Å². The Kier molecular flexibility index (Phi) is 3.97. The summed E-state index contributed by atoms with van der Waals surface area (Å²) < 4.78 is 6.82. The van der Waals surface area contributed by atoms with Crippen molar-refractivity contribution in [2.45, 2.75) is 13.8 Å². The van der Waals surface area contributed by atoms with E-state index in [-0.39, 0.29) is 5.69 Å². The van der Waals surface area contributed by atoms with E-state index in [1.807, 2.05) is 35.0 Å². The first-order chi connectivity index (χ1) is 9.43. The summed E-state index contributed by atoms with van der Waals surface area (Å²) in [4.78, 5) is 24.9. The second kappa shape index (κ2) is 5.52. The largest absolute Gasteiger partial charge is 0.461 e. The maximum atomic E-state index is 11.8. The van der Waals surface area contributed by atoms with Crippen molar-refractivity contribution in [1.82, 2.24) is 19.5 Å². The lowest BCUT2D eigenvalue weighted by atomic mass is 9.91. The molecule has 0 unspecified atom stereocenters. The monoisotopic (exact) mass is 268 g/mol. The molecule has 0 aliphatic rings. The van der Waals surface area contributed by atoms with E-state index >= 15 is 0 Å². The number of hydrogen-bond acceptors (Lipinski definition) is 5. The number of carbonyl (C=O) groups is 1. The van der Waals surface area contributed by atoms with Gasteiger partial charge in [-0.25, -0.2) is 14.8 Å². The molecule has 100 valence electrons. The first kappa shape index (κ1) is 14.4. The van der Waals surface area contributed by atoms with E-state index < -0.39 is 5.97 Å². The highest BCUT2D eigenvalue weighted by Crippen LogP contribution is 2.05. The molecule has 20 heavy (non-hydrogen) atoms. The molecular formula is C11H15B3N4O2. The molecule has 0 fully saturated rings. The Morgan fingerprint density at radius 2 is 2.00 bits per heavy atom. The summed E-state index contributed by atoms with van der Waals surface area (Å²) in [7, 11) is 5.77. The van der Waals surface area contributed by atoms with Gasteiger partial charge in [0.25, 0.3) is 0 Å². The molecule has 0 saturated heterocycles. The number of aromatic nitrogens is 4. The number of nitrogens with zero attached hydrogens (tertiary/aromatic N) is 4. The second-order valence-electron chi connectivity index (χ2n) is 4.58. The minimum Gasteiger partial charge on any atom is -0.461 e. The number of aryl methyl sites for hydroxylation is 1. The van der Waals surface area contributed by atoms with Crippen molar-refractivity contribution >= 4 is 46.4 Å². The van der Waals surface area contributed by atoms with Crippen molar-refractivity contribution in [2.75, 3.05) is 6.61 Å². The van der Waals surface area contributed by atoms with E-state index in [9.17, 15) is 4.79 Å². The van der Waals surface area contributed by atoms with Gasteiger partial charge in [0, 0.05) is 11.3 Å². The molecule has 2 aromatic heterocycles. The number of esters is 1. The van der Waals surface area contributed by atoms with Crippen LogP contribution in [0.25, 0.3) is 5.95 Å². The van der Waals surface area contributed by atoms with E-state index in [2.05, 4.69) is 15.0 Å². The predicted molar refractivity (Wildman–Crippen MR) is 84.4 cm³/mol. The van der Waals surface area contributed by atoms with Crippen LogP contribution in [0.5, 0.6) is 0 Å². The average Bonchev–Trinajstić information content (AvgIpc) is 2.62. The van der Waals surface area contributed by atoms with Gasteiger partial charge in [0.2, 0.25) is 5.95 Å². The van der Waals surface area contributed by atoms with Crippen LogP contribution >= 0.6 is 0 Å². The maximum absolute atomic E-state index is 11.8. The highest BCUT2D eigenvalue weighted by Gasteiger charge is 2.15. The van der Waals surface area contributed by atoms with Gasteiger partial charge in [-0.1, -0.05) is 0 Å². The Morgan fingerprint density at radius 3 is 2.55 bits per heavy atom. The maximum Gasteiger partial charge on any atom is 0.357 e. The Labute approximate surface area is 120 Å². The Bertz CT molecular complexity index is 672. The van der Waals surface area contributed by atoms with Gasteiger partial charge in [0.15, 0.2) is 29.2 Å². The summed E-state index contributed by atoms with van der Waals surface area (Å²) in [5.74, 6) is 0.00930. The van der Waals surface area contributed by atoms with Crippen molar-refractivity contribution in [1.29, 1.82) is 0 Å². The summed E-state index contributed by atoms with van der Waals surface area (Å²) in [6.45, 7) is 3.90. The van der Waals surface area contributed by atoms with Crippen LogP contribution in [-0.2, 0) is 4.74 Å². The third kappa shape index (κ3) is 2.61. The van der Waals surface area contributed by atoms with E-state index in [0.29, 0.717) is 18.2 Å².